The number of halogens is 1. The van der Waals surface area contributed by atoms with Gasteiger partial charge >= 0.3 is 7.82 Å². The van der Waals surface area contributed by atoms with Crippen LogP contribution in [0.2, 0.25) is 0 Å². The molecule has 6 heteroatoms. The van der Waals surface area contributed by atoms with Crippen molar-refractivity contribution < 1.29 is 17.2 Å². The molecule has 0 aliphatic heterocycles. The monoisotopic (exact) mass is 328 g/mol. The van der Waals surface area contributed by atoms with Gasteiger partial charge in [-0.1, -0.05) is 36.4 Å². The third kappa shape index (κ3) is 3.60. The molecule has 2 rings (SSSR count). The summed E-state index contributed by atoms with van der Waals surface area (Å²) in [6.45, 7) is 0. The normalized spacial score (nSPS) is 10.9. The third-order valence-corrected chi connectivity index (χ3v) is 4.11. The van der Waals surface area contributed by atoms with Crippen LogP contribution in [0, 0.1) is 0 Å². The van der Waals surface area contributed by atoms with Crippen LogP contribution in [-0.4, -0.2) is 0 Å². The van der Waals surface area contributed by atoms with Gasteiger partial charge in [-0.15, -0.1) is 0 Å². The van der Waals surface area contributed by atoms with E-state index in [9.17, 15) is 4.57 Å². The molecular weight excluding hydrogens is 319 g/mol. The Hall–Kier alpha value is -1.29. The van der Waals surface area contributed by atoms with Gasteiger partial charge in [-0.3, -0.25) is 0 Å². The summed E-state index contributed by atoms with van der Waals surface area (Å²) in [7, 11) is -3.73. The molecule has 4 nitrogen and oxygen atoms in total. The first kappa shape index (κ1) is 13.1. The highest BCUT2D eigenvalue weighted by Crippen LogP contribution is 2.51. The van der Waals surface area contributed by atoms with E-state index in [1.54, 1.807) is 48.5 Å². The molecule has 94 valence electrons. The Labute approximate surface area is 114 Å². The molecule has 0 saturated heterocycles. The number of phosphoric acid groups is 1. The van der Waals surface area contributed by atoms with Crippen molar-refractivity contribution in [2.24, 2.45) is 0 Å². The van der Waals surface area contributed by atoms with Crippen molar-refractivity contribution >= 4 is 24.1 Å². The maximum atomic E-state index is 12.2. The molecule has 0 spiro atoms. The van der Waals surface area contributed by atoms with Crippen molar-refractivity contribution in [3.8, 4) is 11.5 Å². The summed E-state index contributed by atoms with van der Waals surface area (Å²) in [5.41, 5.74) is 0. The second kappa shape index (κ2) is 6.05. The molecular formula is C12H10BrO4P. The minimum Gasteiger partial charge on any atom is -0.395 e. The SMILES string of the molecule is O=P(OBr)(Oc1ccccc1)Oc1ccccc1. The summed E-state index contributed by atoms with van der Waals surface area (Å²) in [4.78, 5) is 0. The second-order valence-electron chi connectivity index (χ2n) is 3.32. The minimum atomic E-state index is -3.73. The van der Waals surface area contributed by atoms with Crippen LogP contribution in [0.25, 0.3) is 0 Å². The number of rotatable bonds is 5. The Bertz CT molecular complexity index is 487. The molecule has 0 bridgehead atoms. The van der Waals surface area contributed by atoms with Gasteiger partial charge in [0, 0.05) is 0 Å². The van der Waals surface area contributed by atoms with Crippen molar-refractivity contribution in [1.82, 2.24) is 0 Å². The minimum absolute atomic E-state index is 0.399. The van der Waals surface area contributed by atoms with Gasteiger partial charge in [0.25, 0.3) is 0 Å². The van der Waals surface area contributed by atoms with E-state index in [0.717, 1.165) is 0 Å². The molecule has 0 amide bonds. The summed E-state index contributed by atoms with van der Waals surface area (Å²) in [5.74, 6) is 0.799. The maximum Gasteiger partial charge on any atom is 0.599 e. The fraction of sp³-hybridized carbons (Fsp3) is 0. The summed E-state index contributed by atoms with van der Waals surface area (Å²) in [6.07, 6.45) is 0. The topological polar surface area (TPSA) is 44.8 Å². The molecule has 0 fully saturated rings. The van der Waals surface area contributed by atoms with Crippen molar-refractivity contribution in [3.63, 3.8) is 0 Å². The van der Waals surface area contributed by atoms with Gasteiger partial charge in [-0.2, -0.15) is 3.62 Å². The lowest BCUT2D eigenvalue weighted by atomic mass is 10.3. The number of benzene rings is 2. The van der Waals surface area contributed by atoms with E-state index in [4.69, 9.17) is 9.05 Å². The third-order valence-electron chi connectivity index (χ3n) is 2.01. The van der Waals surface area contributed by atoms with Crippen LogP contribution < -0.4 is 9.05 Å². The average Bonchev–Trinajstić information content (AvgIpc) is 2.41. The molecule has 0 heterocycles. The zero-order chi connectivity index (χ0) is 12.8. The van der Waals surface area contributed by atoms with Crippen molar-refractivity contribution in [2.45, 2.75) is 0 Å². The van der Waals surface area contributed by atoms with Crippen LogP contribution in [0.15, 0.2) is 60.7 Å². The molecule has 0 aromatic heterocycles. The Morgan fingerprint density at radius 2 is 1.17 bits per heavy atom. The molecule has 0 radical (unpaired) electrons. The van der Waals surface area contributed by atoms with Crippen LogP contribution in [0.5, 0.6) is 11.5 Å². The lowest BCUT2D eigenvalue weighted by Gasteiger charge is -2.15. The van der Waals surface area contributed by atoms with Gasteiger partial charge in [0.05, 0.1) is 0 Å². The molecule has 18 heavy (non-hydrogen) atoms. The molecule has 0 atom stereocenters. The van der Waals surface area contributed by atoms with E-state index in [1.165, 1.54) is 0 Å². The standard InChI is InChI=1S/C12H10BrO4P/c13-17-18(14,15-11-7-3-1-4-8-11)16-12-9-5-2-6-10-12/h1-10H. The number of hydrogen-bond donors (Lipinski definition) is 0. The highest BCUT2D eigenvalue weighted by molar-refractivity contribution is 9.06. The van der Waals surface area contributed by atoms with Crippen molar-refractivity contribution in [1.29, 1.82) is 0 Å². The van der Waals surface area contributed by atoms with E-state index in [2.05, 4.69) is 19.9 Å². The molecule has 0 unspecified atom stereocenters. The van der Waals surface area contributed by atoms with Crippen LogP contribution in [0.4, 0.5) is 0 Å². The lowest BCUT2D eigenvalue weighted by Crippen LogP contribution is -2.00. The van der Waals surface area contributed by atoms with E-state index >= 15 is 0 Å². The quantitative estimate of drug-likeness (QED) is 0.753. The summed E-state index contributed by atoms with van der Waals surface area (Å²) < 4.78 is 27.3. The first-order valence-corrected chi connectivity index (χ1v) is 7.22. The Balaban J connectivity index is 2.14. The number of phosphoric ester groups is 1. The highest BCUT2D eigenvalue weighted by atomic mass is 79.9. The lowest BCUT2D eigenvalue weighted by molar-refractivity contribution is 0.319. The Morgan fingerprint density at radius 1 is 0.778 bits per heavy atom. The van der Waals surface area contributed by atoms with Gasteiger partial charge in [0.2, 0.25) is 0 Å². The predicted octanol–water partition coefficient (Wildman–Crippen LogP) is 4.58. The summed E-state index contributed by atoms with van der Waals surface area (Å²) in [5, 5.41) is 0. The van der Waals surface area contributed by atoms with Crippen LogP contribution in [0.3, 0.4) is 0 Å². The van der Waals surface area contributed by atoms with Gasteiger partial charge in [0.1, 0.15) is 27.8 Å². The van der Waals surface area contributed by atoms with Crippen LogP contribution >= 0.6 is 24.1 Å². The Morgan fingerprint density at radius 3 is 1.50 bits per heavy atom. The zero-order valence-corrected chi connectivity index (χ0v) is 11.7. The van der Waals surface area contributed by atoms with E-state index in [-0.39, 0.29) is 0 Å². The molecule has 0 saturated carbocycles. The van der Waals surface area contributed by atoms with Crippen molar-refractivity contribution in [3.05, 3.63) is 60.7 Å². The first-order valence-electron chi connectivity index (χ1n) is 5.11. The molecule has 2 aromatic carbocycles. The van der Waals surface area contributed by atoms with E-state index in [1.807, 2.05) is 12.1 Å². The van der Waals surface area contributed by atoms with Gasteiger partial charge in [-0.25, -0.2) is 4.57 Å². The summed E-state index contributed by atoms with van der Waals surface area (Å²) in [6, 6.07) is 17.3. The summed E-state index contributed by atoms with van der Waals surface area (Å²) >= 11 is 2.67. The average molecular weight is 329 g/mol. The fourth-order valence-electron chi connectivity index (χ4n) is 1.27. The van der Waals surface area contributed by atoms with E-state index in [0.29, 0.717) is 11.5 Å². The second-order valence-corrected chi connectivity index (χ2v) is 5.59. The number of para-hydroxylation sites is 2. The highest BCUT2D eigenvalue weighted by Gasteiger charge is 2.30. The first-order chi connectivity index (χ1) is 8.72. The molecule has 2 aromatic rings. The van der Waals surface area contributed by atoms with Crippen LogP contribution in [-0.2, 0) is 8.18 Å². The van der Waals surface area contributed by atoms with E-state index < -0.39 is 7.82 Å². The maximum absolute atomic E-state index is 12.2. The molecule has 0 aliphatic carbocycles. The van der Waals surface area contributed by atoms with Crippen molar-refractivity contribution in [2.75, 3.05) is 0 Å². The predicted molar refractivity (Wildman–Crippen MR) is 71.8 cm³/mol. The molecule has 0 N–H and O–H groups in total. The van der Waals surface area contributed by atoms with Crippen LogP contribution in [0.1, 0.15) is 0 Å². The van der Waals surface area contributed by atoms with Gasteiger partial charge in [-0.05, 0) is 24.3 Å². The largest absolute Gasteiger partial charge is 0.599 e. The Kier molecular flexibility index (Phi) is 4.42. The smallest absolute Gasteiger partial charge is 0.395 e. The van der Waals surface area contributed by atoms with Gasteiger partial charge < -0.3 is 9.05 Å². The zero-order valence-electron chi connectivity index (χ0n) is 9.23. The molecule has 0 aliphatic rings. The number of hydrogen-bond acceptors (Lipinski definition) is 4. The fourth-order valence-corrected chi connectivity index (χ4v) is 2.48. The van der Waals surface area contributed by atoms with Gasteiger partial charge in [0.15, 0.2) is 0 Å².